The second-order valence-corrected chi connectivity index (χ2v) is 7.39. The van der Waals surface area contributed by atoms with E-state index in [-0.39, 0.29) is 23.7 Å². The first kappa shape index (κ1) is 19.2. The highest BCUT2D eigenvalue weighted by Gasteiger charge is 2.54. The van der Waals surface area contributed by atoms with Crippen LogP contribution < -0.4 is 5.32 Å². The molecule has 1 aromatic rings. The van der Waals surface area contributed by atoms with Gasteiger partial charge in [-0.1, -0.05) is 19.9 Å². The molecule has 3 rings (SSSR count). The van der Waals surface area contributed by atoms with Gasteiger partial charge in [-0.15, -0.1) is 12.4 Å². The molecule has 1 amide bonds. The van der Waals surface area contributed by atoms with Crippen molar-refractivity contribution in [1.29, 1.82) is 0 Å². The van der Waals surface area contributed by atoms with Crippen LogP contribution >= 0.6 is 12.4 Å². The molecule has 2 heterocycles. The number of carbonyl (C=O) groups is 1. The second-order valence-electron chi connectivity index (χ2n) is 7.39. The number of pyridine rings is 1. The van der Waals surface area contributed by atoms with Crippen molar-refractivity contribution in [2.45, 2.75) is 58.5 Å². The highest BCUT2D eigenvalue weighted by Crippen LogP contribution is 2.55. The Kier molecular flexibility index (Phi) is 6.64. The molecule has 1 N–H and O–H groups in total. The van der Waals surface area contributed by atoms with E-state index < -0.39 is 0 Å². The van der Waals surface area contributed by atoms with Crippen molar-refractivity contribution in [3.05, 3.63) is 30.1 Å². The molecule has 1 saturated carbocycles. The fraction of sp³-hybridized carbons (Fsp3) is 0.684. The van der Waals surface area contributed by atoms with E-state index in [9.17, 15) is 4.79 Å². The summed E-state index contributed by atoms with van der Waals surface area (Å²) in [5, 5.41) is 3.45. The third-order valence-corrected chi connectivity index (χ3v) is 5.78. The Hall–Kier alpha value is -1.13. The van der Waals surface area contributed by atoms with Crippen LogP contribution in [-0.2, 0) is 11.3 Å². The predicted molar refractivity (Wildman–Crippen MR) is 99.0 cm³/mol. The molecule has 1 aliphatic heterocycles. The maximum absolute atomic E-state index is 13.2. The van der Waals surface area contributed by atoms with Gasteiger partial charge in [-0.2, -0.15) is 0 Å². The molecular formula is C19H30ClN3O. The van der Waals surface area contributed by atoms with Crippen LogP contribution in [0.5, 0.6) is 0 Å². The van der Waals surface area contributed by atoms with Crippen molar-refractivity contribution in [1.82, 2.24) is 15.2 Å². The van der Waals surface area contributed by atoms with E-state index in [1.807, 2.05) is 24.4 Å². The highest BCUT2D eigenvalue weighted by molar-refractivity contribution is 5.85. The van der Waals surface area contributed by atoms with Crippen LogP contribution in [0.15, 0.2) is 24.4 Å². The molecule has 0 spiro atoms. The van der Waals surface area contributed by atoms with Crippen molar-refractivity contribution in [2.24, 2.45) is 11.3 Å². The van der Waals surface area contributed by atoms with Gasteiger partial charge in [0.05, 0.1) is 12.2 Å². The summed E-state index contributed by atoms with van der Waals surface area (Å²) in [6, 6.07) is 6.31. The maximum atomic E-state index is 13.2. The van der Waals surface area contributed by atoms with Crippen LogP contribution in [0, 0.1) is 11.3 Å². The van der Waals surface area contributed by atoms with Gasteiger partial charge in [-0.25, -0.2) is 0 Å². The summed E-state index contributed by atoms with van der Waals surface area (Å²) in [6.45, 7) is 7.18. The first-order valence-electron chi connectivity index (χ1n) is 9.05. The number of hydrogen-bond acceptors (Lipinski definition) is 3. The minimum absolute atomic E-state index is 0. The molecule has 0 radical (unpaired) electrons. The minimum atomic E-state index is 0. The standard InChI is InChI=1S/C19H29N3O.ClH/c1-3-19(2)13-17(19)18(23)22(14-15-7-4-5-11-21-15)16-8-6-10-20-12-9-16;/h4-5,7,11,16-17,20H,3,6,8-10,12-14H2,1-2H3;1H. The largest absolute Gasteiger partial charge is 0.334 e. The minimum Gasteiger partial charge on any atom is -0.334 e. The van der Waals surface area contributed by atoms with Gasteiger partial charge in [0, 0.05) is 18.2 Å². The Morgan fingerprint density at radius 1 is 1.38 bits per heavy atom. The van der Waals surface area contributed by atoms with E-state index in [1.54, 1.807) is 0 Å². The molecule has 134 valence electrons. The van der Waals surface area contributed by atoms with Gasteiger partial charge in [-0.05, 0) is 62.7 Å². The first-order chi connectivity index (χ1) is 11.1. The molecule has 1 aromatic heterocycles. The number of amides is 1. The Morgan fingerprint density at radius 3 is 2.88 bits per heavy atom. The van der Waals surface area contributed by atoms with Gasteiger partial charge in [0.2, 0.25) is 5.91 Å². The molecule has 24 heavy (non-hydrogen) atoms. The lowest BCUT2D eigenvalue weighted by Crippen LogP contribution is -2.42. The molecule has 5 heteroatoms. The summed E-state index contributed by atoms with van der Waals surface area (Å²) in [5.41, 5.74) is 1.22. The number of nitrogens with zero attached hydrogens (tertiary/aromatic N) is 2. The zero-order valence-electron chi connectivity index (χ0n) is 14.8. The fourth-order valence-electron chi connectivity index (χ4n) is 3.75. The van der Waals surface area contributed by atoms with Crippen LogP contribution in [-0.4, -0.2) is 34.9 Å². The van der Waals surface area contributed by atoms with Gasteiger partial charge < -0.3 is 10.2 Å². The zero-order valence-corrected chi connectivity index (χ0v) is 15.6. The van der Waals surface area contributed by atoms with E-state index in [0.717, 1.165) is 50.9 Å². The van der Waals surface area contributed by atoms with Gasteiger partial charge in [-0.3, -0.25) is 9.78 Å². The van der Waals surface area contributed by atoms with Crippen LogP contribution in [0.2, 0.25) is 0 Å². The third kappa shape index (κ3) is 4.28. The van der Waals surface area contributed by atoms with E-state index in [1.165, 1.54) is 0 Å². The smallest absolute Gasteiger partial charge is 0.226 e. The highest BCUT2D eigenvalue weighted by atomic mass is 35.5. The lowest BCUT2D eigenvalue weighted by atomic mass is 10.0. The van der Waals surface area contributed by atoms with E-state index >= 15 is 0 Å². The van der Waals surface area contributed by atoms with Crippen LogP contribution in [0.1, 0.15) is 51.6 Å². The number of hydrogen-bond donors (Lipinski definition) is 1. The molecule has 1 saturated heterocycles. The SMILES string of the molecule is CCC1(C)CC1C(=O)N(Cc1ccccn1)C1CCCNCC1.Cl. The molecular weight excluding hydrogens is 322 g/mol. The number of aromatic nitrogens is 1. The van der Waals surface area contributed by atoms with Crippen molar-refractivity contribution in [3.63, 3.8) is 0 Å². The number of rotatable bonds is 5. The monoisotopic (exact) mass is 351 g/mol. The molecule has 2 aliphatic rings. The van der Waals surface area contributed by atoms with E-state index in [4.69, 9.17) is 0 Å². The number of halogens is 1. The van der Waals surface area contributed by atoms with Crippen LogP contribution in [0.4, 0.5) is 0 Å². The molecule has 1 aliphatic carbocycles. The van der Waals surface area contributed by atoms with Gasteiger partial charge in [0.15, 0.2) is 0 Å². The normalized spacial score (nSPS) is 29.2. The van der Waals surface area contributed by atoms with Gasteiger partial charge in [0.1, 0.15) is 0 Å². The molecule has 3 unspecified atom stereocenters. The van der Waals surface area contributed by atoms with Crippen molar-refractivity contribution >= 4 is 18.3 Å². The average molecular weight is 352 g/mol. The fourth-order valence-corrected chi connectivity index (χ4v) is 3.75. The lowest BCUT2D eigenvalue weighted by molar-refractivity contribution is -0.136. The van der Waals surface area contributed by atoms with Gasteiger partial charge >= 0.3 is 0 Å². The summed E-state index contributed by atoms with van der Waals surface area (Å²) in [4.78, 5) is 19.8. The Bertz CT molecular complexity index is 531. The number of carbonyl (C=O) groups excluding carboxylic acids is 1. The topological polar surface area (TPSA) is 45.2 Å². The Labute approximate surface area is 151 Å². The lowest BCUT2D eigenvalue weighted by Gasteiger charge is -2.32. The van der Waals surface area contributed by atoms with Crippen molar-refractivity contribution in [2.75, 3.05) is 13.1 Å². The zero-order chi connectivity index (χ0) is 16.3. The molecule has 0 bridgehead atoms. The third-order valence-electron chi connectivity index (χ3n) is 5.78. The van der Waals surface area contributed by atoms with E-state index in [0.29, 0.717) is 18.5 Å². The quantitative estimate of drug-likeness (QED) is 0.884. The molecule has 2 fully saturated rings. The Balaban J connectivity index is 0.00000208. The molecule has 3 atom stereocenters. The van der Waals surface area contributed by atoms with Crippen LogP contribution in [0.25, 0.3) is 0 Å². The number of nitrogens with one attached hydrogen (secondary N) is 1. The Morgan fingerprint density at radius 2 is 2.21 bits per heavy atom. The summed E-state index contributed by atoms with van der Waals surface area (Å²) in [5.74, 6) is 0.569. The van der Waals surface area contributed by atoms with E-state index in [2.05, 4.69) is 29.0 Å². The van der Waals surface area contributed by atoms with Crippen molar-refractivity contribution < 1.29 is 4.79 Å². The maximum Gasteiger partial charge on any atom is 0.226 e. The molecule has 0 aromatic carbocycles. The summed E-state index contributed by atoms with van der Waals surface area (Å²) in [7, 11) is 0. The van der Waals surface area contributed by atoms with Crippen molar-refractivity contribution in [3.8, 4) is 0 Å². The van der Waals surface area contributed by atoms with Gasteiger partial charge in [0.25, 0.3) is 0 Å². The summed E-state index contributed by atoms with van der Waals surface area (Å²) < 4.78 is 0. The average Bonchev–Trinajstić information content (AvgIpc) is 3.32. The second kappa shape index (κ2) is 8.30. The van der Waals surface area contributed by atoms with Crippen LogP contribution in [0.3, 0.4) is 0 Å². The first-order valence-corrected chi connectivity index (χ1v) is 9.05. The molecule has 4 nitrogen and oxygen atoms in total. The summed E-state index contributed by atoms with van der Waals surface area (Å²) in [6.07, 6.45) is 7.25. The summed E-state index contributed by atoms with van der Waals surface area (Å²) >= 11 is 0. The predicted octanol–water partition coefficient (Wildman–Crippen LogP) is 3.41.